The Hall–Kier alpha value is -5.00. The Balaban J connectivity index is 2.16. The first-order chi connectivity index (χ1) is 14.7. The molecule has 1 aliphatic rings. The van der Waals surface area contributed by atoms with Crippen molar-refractivity contribution in [3.05, 3.63) is 115 Å². The molecule has 140 valence electrons. The molecule has 0 saturated heterocycles. The zero-order valence-electron chi connectivity index (χ0n) is 15.3. The minimum atomic E-state index is -0.837. The summed E-state index contributed by atoms with van der Waals surface area (Å²) in [5.41, 5.74) is 17.2. The van der Waals surface area contributed by atoms with Crippen molar-refractivity contribution in [2.24, 2.45) is 10.2 Å². The van der Waals surface area contributed by atoms with Gasteiger partial charge in [0.1, 0.15) is 11.4 Å². The molecule has 0 fully saturated rings. The molecule has 2 aromatic carbocycles. The second-order valence-corrected chi connectivity index (χ2v) is 5.72. The maximum Gasteiger partial charge on any atom is 0.205 e. The molecule has 0 saturated carbocycles. The summed E-state index contributed by atoms with van der Waals surface area (Å²) in [4.78, 5) is 31.1. The van der Waals surface area contributed by atoms with Crippen LogP contribution in [0.15, 0.2) is 93.4 Å². The summed E-state index contributed by atoms with van der Waals surface area (Å²) in [6, 6.07) is 17.4. The molecule has 1 aliphatic carbocycles. The first-order valence-electron chi connectivity index (χ1n) is 8.48. The Morgan fingerprint density at radius 2 is 0.967 bits per heavy atom. The summed E-state index contributed by atoms with van der Waals surface area (Å²) >= 11 is 0. The highest BCUT2D eigenvalue weighted by atomic mass is 16.1. The molecule has 0 N–H and O–H groups in total. The highest BCUT2D eigenvalue weighted by Crippen LogP contribution is 2.26. The largest absolute Gasteiger partial charge is 0.288 e. The summed E-state index contributed by atoms with van der Waals surface area (Å²) in [6.45, 7) is 0. The van der Waals surface area contributed by atoms with E-state index in [0.29, 0.717) is 11.1 Å². The van der Waals surface area contributed by atoms with Crippen LogP contribution in [-0.4, -0.2) is 11.6 Å². The van der Waals surface area contributed by atoms with E-state index in [1.54, 1.807) is 60.7 Å². The fourth-order valence-corrected chi connectivity index (χ4v) is 2.50. The first-order valence-corrected chi connectivity index (χ1v) is 8.48. The van der Waals surface area contributed by atoms with Gasteiger partial charge in [-0.15, -0.1) is 0 Å². The van der Waals surface area contributed by atoms with Crippen molar-refractivity contribution in [1.82, 2.24) is 0 Å². The lowest BCUT2D eigenvalue weighted by atomic mass is 9.91. The molecular formula is C22H10N6O2. The topological polar surface area (TPSA) is 132 Å². The summed E-state index contributed by atoms with van der Waals surface area (Å²) in [5, 5.41) is 6.72. The van der Waals surface area contributed by atoms with Gasteiger partial charge in [0.2, 0.25) is 11.6 Å². The van der Waals surface area contributed by atoms with E-state index in [1.807, 2.05) is 0 Å². The van der Waals surface area contributed by atoms with Gasteiger partial charge < -0.3 is 0 Å². The maximum absolute atomic E-state index is 12.9. The van der Waals surface area contributed by atoms with Gasteiger partial charge in [-0.25, -0.2) is 0 Å². The third-order valence-corrected chi connectivity index (χ3v) is 3.86. The van der Waals surface area contributed by atoms with Crippen LogP contribution in [0.1, 0.15) is 11.1 Å². The average molecular weight is 390 g/mol. The summed E-state index contributed by atoms with van der Waals surface area (Å²) < 4.78 is 0. The van der Waals surface area contributed by atoms with E-state index >= 15 is 0 Å². The number of hydrogen-bond donors (Lipinski definition) is 0. The lowest BCUT2D eigenvalue weighted by Crippen LogP contribution is -2.21. The van der Waals surface area contributed by atoms with Crippen LogP contribution in [-0.2, 0) is 9.59 Å². The van der Waals surface area contributed by atoms with Crippen molar-refractivity contribution in [3.8, 4) is 23.7 Å². The molecule has 0 aliphatic heterocycles. The Morgan fingerprint density at radius 3 is 1.30 bits per heavy atom. The summed E-state index contributed by atoms with van der Waals surface area (Å²) in [6.07, 6.45) is 0. The molecule has 0 heterocycles. The van der Waals surface area contributed by atoms with Crippen LogP contribution in [0.4, 0.5) is 0 Å². The Labute approximate surface area is 170 Å². The minimum Gasteiger partial charge on any atom is -0.288 e. The van der Waals surface area contributed by atoms with Crippen molar-refractivity contribution in [2.75, 3.05) is 0 Å². The van der Waals surface area contributed by atoms with Crippen LogP contribution in [0.2, 0.25) is 0 Å². The molecule has 30 heavy (non-hydrogen) atoms. The number of nitrogens with zero attached hydrogens (tertiary/aromatic N) is 6. The average Bonchev–Trinajstić information content (AvgIpc) is 2.78. The molecule has 0 unspecified atom stereocenters. The molecule has 0 aromatic heterocycles. The number of allylic oxidation sites excluding steroid dienone is 2. The molecule has 0 spiro atoms. The van der Waals surface area contributed by atoms with Crippen molar-refractivity contribution in [1.29, 1.82) is 0 Å². The van der Waals surface area contributed by atoms with E-state index in [1.165, 1.54) is 0 Å². The second-order valence-electron chi connectivity index (χ2n) is 5.72. The van der Waals surface area contributed by atoms with Gasteiger partial charge in [-0.05, 0) is 35.3 Å². The van der Waals surface area contributed by atoms with Gasteiger partial charge in [0.15, 0.2) is 0 Å². The zero-order chi connectivity index (χ0) is 21.3. The van der Waals surface area contributed by atoms with Crippen LogP contribution in [0.25, 0.3) is 20.9 Å². The van der Waals surface area contributed by atoms with Gasteiger partial charge in [-0.1, -0.05) is 70.3 Å². The highest BCUT2D eigenvalue weighted by Gasteiger charge is 2.32. The number of rotatable bonds is 2. The summed E-state index contributed by atoms with van der Waals surface area (Å²) in [5.74, 6) is 8.92. The Bertz CT molecular complexity index is 1210. The quantitative estimate of drug-likeness (QED) is 0.248. The molecule has 0 radical (unpaired) electrons. The number of azide groups is 2. The van der Waals surface area contributed by atoms with E-state index < -0.39 is 23.0 Å². The molecule has 0 bridgehead atoms. The van der Waals surface area contributed by atoms with Crippen molar-refractivity contribution in [3.63, 3.8) is 0 Å². The first kappa shape index (κ1) is 19.8. The Kier molecular flexibility index (Phi) is 6.11. The van der Waals surface area contributed by atoms with E-state index in [-0.39, 0.29) is 11.1 Å². The zero-order valence-corrected chi connectivity index (χ0v) is 15.3. The number of benzene rings is 2. The van der Waals surface area contributed by atoms with Gasteiger partial charge in [0, 0.05) is 21.0 Å². The molecule has 0 atom stereocenters. The van der Waals surface area contributed by atoms with Gasteiger partial charge in [0.25, 0.3) is 0 Å². The lowest BCUT2D eigenvalue weighted by Gasteiger charge is -2.13. The molecule has 2 aromatic rings. The SMILES string of the molecule is [N-]=[N+]=NC1=C(C#Cc2ccccc2)C(=O)C(N=[N+]=[N-])=C(C#Cc2ccccc2)C1=O. The third kappa shape index (κ3) is 4.28. The lowest BCUT2D eigenvalue weighted by molar-refractivity contribution is -0.116. The third-order valence-electron chi connectivity index (χ3n) is 3.86. The van der Waals surface area contributed by atoms with Crippen LogP contribution < -0.4 is 0 Å². The predicted octanol–water partition coefficient (Wildman–Crippen LogP) is 4.37. The number of Topliss-reactive ketones (excluding diaryl/α,β-unsaturated/α-hetero) is 2. The van der Waals surface area contributed by atoms with E-state index in [9.17, 15) is 9.59 Å². The monoisotopic (exact) mass is 390 g/mol. The van der Waals surface area contributed by atoms with E-state index in [0.717, 1.165) is 0 Å². The maximum atomic E-state index is 12.9. The predicted molar refractivity (Wildman–Crippen MR) is 109 cm³/mol. The fraction of sp³-hybridized carbons (Fsp3) is 0. The molecule has 8 nitrogen and oxygen atoms in total. The number of carbonyl (C=O) groups excluding carboxylic acids is 2. The number of carbonyl (C=O) groups is 2. The van der Waals surface area contributed by atoms with E-state index in [2.05, 4.69) is 43.7 Å². The number of ketones is 2. The van der Waals surface area contributed by atoms with E-state index in [4.69, 9.17) is 11.1 Å². The van der Waals surface area contributed by atoms with Crippen LogP contribution in [0.5, 0.6) is 0 Å². The van der Waals surface area contributed by atoms with Crippen LogP contribution in [0.3, 0.4) is 0 Å². The van der Waals surface area contributed by atoms with Crippen molar-refractivity contribution < 1.29 is 9.59 Å². The molecular weight excluding hydrogens is 380 g/mol. The molecule has 0 amide bonds. The van der Waals surface area contributed by atoms with Gasteiger partial charge in [-0.2, -0.15) is 0 Å². The van der Waals surface area contributed by atoms with Gasteiger partial charge >= 0.3 is 0 Å². The van der Waals surface area contributed by atoms with Crippen molar-refractivity contribution >= 4 is 11.6 Å². The van der Waals surface area contributed by atoms with Crippen LogP contribution in [0, 0.1) is 23.7 Å². The van der Waals surface area contributed by atoms with Gasteiger partial charge in [0.05, 0.1) is 11.1 Å². The fourth-order valence-electron chi connectivity index (χ4n) is 2.50. The minimum absolute atomic E-state index is 0.352. The Morgan fingerprint density at radius 1 is 0.600 bits per heavy atom. The standard InChI is InChI=1S/C22H10N6O2/c23-27-25-19-17(13-11-15-7-3-1-4-8-15)21(29)20(26-28-24)18(22(19)30)14-12-16-9-5-2-6-10-16/h1-10H. The smallest absolute Gasteiger partial charge is 0.205 e. The van der Waals surface area contributed by atoms with Crippen LogP contribution >= 0.6 is 0 Å². The molecule has 8 heteroatoms. The summed E-state index contributed by atoms with van der Waals surface area (Å²) in [7, 11) is 0. The van der Waals surface area contributed by atoms with Gasteiger partial charge in [-0.3, -0.25) is 9.59 Å². The molecule has 3 rings (SSSR count). The highest BCUT2D eigenvalue weighted by molar-refractivity contribution is 6.28. The second kappa shape index (κ2) is 9.27. The normalized spacial score (nSPS) is 12.7. The van der Waals surface area contributed by atoms with Crippen molar-refractivity contribution in [2.45, 2.75) is 0 Å². The number of hydrogen-bond acceptors (Lipinski definition) is 4.